The first-order valence-corrected chi connectivity index (χ1v) is 5.75. The molecule has 1 aromatic heterocycles. The van der Waals surface area contributed by atoms with Crippen LogP contribution in [0.25, 0.3) is 11.1 Å². The zero-order valence-corrected chi connectivity index (χ0v) is 10.8. The number of methoxy groups -OCH3 is 2. The predicted octanol–water partition coefficient (Wildman–Crippen LogP) is 2.24. The van der Waals surface area contributed by atoms with Crippen LogP contribution in [0.5, 0.6) is 11.5 Å². The molecular weight excluding hydrogens is 230 g/mol. The van der Waals surface area contributed by atoms with Crippen molar-refractivity contribution in [2.24, 2.45) is 0 Å². The lowest BCUT2D eigenvalue weighted by Gasteiger charge is -2.13. The van der Waals surface area contributed by atoms with Gasteiger partial charge in [0.2, 0.25) is 0 Å². The van der Waals surface area contributed by atoms with Crippen molar-refractivity contribution >= 4 is 5.82 Å². The number of aromatic amines is 1. The molecule has 3 N–H and O–H groups in total. The van der Waals surface area contributed by atoms with Gasteiger partial charge in [-0.05, 0) is 29.7 Å². The Morgan fingerprint density at radius 2 is 1.83 bits per heavy atom. The Labute approximate surface area is 106 Å². The Bertz CT molecular complexity index is 549. The molecule has 0 aliphatic rings. The summed E-state index contributed by atoms with van der Waals surface area (Å²) in [6, 6.07) is 3.90. The third-order valence-electron chi connectivity index (χ3n) is 2.95. The summed E-state index contributed by atoms with van der Waals surface area (Å²) in [5, 5.41) is 6.69. The lowest BCUT2D eigenvalue weighted by molar-refractivity contribution is 0.355. The number of rotatable bonds is 4. The van der Waals surface area contributed by atoms with Crippen LogP contribution < -0.4 is 15.2 Å². The average Bonchev–Trinajstić information content (AvgIpc) is 2.83. The van der Waals surface area contributed by atoms with Crippen molar-refractivity contribution in [2.75, 3.05) is 20.0 Å². The summed E-state index contributed by atoms with van der Waals surface area (Å²) < 4.78 is 10.6. The zero-order valence-electron chi connectivity index (χ0n) is 10.8. The molecule has 0 atom stereocenters. The van der Waals surface area contributed by atoms with E-state index in [1.165, 1.54) is 0 Å². The molecule has 0 radical (unpaired) electrons. The van der Waals surface area contributed by atoms with E-state index in [0.717, 1.165) is 28.9 Å². The number of nitrogens with two attached hydrogens (primary N) is 1. The van der Waals surface area contributed by atoms with Crippen molar-refractivity contribution in [1.29, 1.82) is 0 Å². The highest BCUT2D eigenvalue weighted by Gasteiger charge is 2.14. The van der Waals surface area contributed by atoms with Crippen LogP contribution in [0.2, 0.25) is 0 Å². The lowest BCUT2D eigenvalue weighted by atomic mass is 9.99. The van der Waals surface area contributed by atoms with Crippen LogP contribution in [0.3, 0.4) is 0 Å². The monoisotopic (exact) mass is 247 g/mol. The Morgan fingerprint density at radius 3 is 2.33 bits per heavy atom. The van der Waals surface area contributed by atoms with Crippen LogP contribution in [-0.4, -0.2) is 24.4 Å². The number of H-pyrrole nitrogens is 1. The van der Waals surface area contributed by atoms with Crippen LogP contribution in [0.4, 0.5) is 5.82 Å². The third kappa shape index (κ3) is 1.99. The van der Waals surface area contributed by atoms with Crippen molar-refractivity contribution in [3.8, 4) is 22.6 Å². The van der Waals surface area contributed by atoms with Crippen molar-refractivity contribution in [2.45, 2.75) is 13.3 Å². The minimum Gasteiger partial charge on any atom is -0.493 e. The maximum atomic E-state index is 5.87. The van der Waals surface area contributed by atoms with Crippen LogP contribution in [0, 0.1) is 0 Å². The van der Waals surface area contributed by atoms with E-state index in [0.29, 0.717) is 11.6 Å². The Hall–Kier alpha value is -2.17. The van der Waals surface area contributed by atoms with Gasteiger partial charge in [-0.15, -0.1) is 0 Å². The van der Waals surface area contributed by atoms with Crippen LogP contribution in [-0.2, 0) is 6.42 Å². The second-order valence-corrected chi connectivity index (χ2v) is 3.92. The summed E-state index contributed by atoms with van der Waals surface area (Å²) in [6.07, 6.45) is 2.59. The fourth-order valence-electron chi connectivity index (χ4n) is 1.98. The molecule has 5 nitrogen and oxygen atoms in total. The standard InChI is InChI=1S/C13H17N3O2/c1-4-8-5-11(17-2)12(18-3)6-9(8)10-7-15-16-13(10)14/h5-7H,4H2,1-3H3,(H3,14,15,16). The highest BCUT2D eigenvalue weighted by Crippen LogP contribution is 2.37. The van der Waals surface area contributed by atoms with Gasteiger partial charge in [-0.25, -0.2) is 0 Å². The van der Waals surface area contributed by atoms with Crippen molar-refractivity contribution in [1.82, 2.24) is 10.2 Å². The van der Waals surface area contributed by atoms with Crippen LogP contribution >= 0.6 is 0 Å². The Balaban J connectivity index is 2.62. The van der Waals surface area contributed by atoms with Gasteiger partial charge in [0, 0.05) is 5.56 Å². The van der Waals surface area contributed by atoms with E-state index < -0.39 is 0 Å². The molecule has 0 amide bonds. The van der Waals surface area contributed by atoms with Crippen molar-refractivity contribution in [3.05, 3.63) is 23.9 Å². The predicted molar refractivity (Wildman–Crippen MR) is 70.9 cm³/mol. The van der Waals surface area contributed by atoms with E-state index >= 15 is 0 Å². The third-order valence-corrected chi connectivity index (χ3v) is 2.95. The zero-order chi connectivity index (χ0) is 13.1. The molecule has 2 rings (SSSR count). The molecular formula is C13H17N3O2. The Kier molecular flexibility index (Phi) is 3.41. The summed E-state index contributed by atoms with van der Waals surface area (Å²) >= 11 is 0. The first-order valence-electron chi connectivity index (χ1n) is 5.75. The largest absolute Gasteiger partial charge is 0.493 e. The lowest BCUT2D eigenvalue weighted by Crippen LogP contribution is -1.96. The number of hydrogen-bond donors (Lipinski definition) is 2. The number of hydrogen-bond acceptors (Lipinski definition) is 4. The van der Waals surface area contributed by atoms with Crippen molar-refractivity contribution < 1.29 is 9.47 Å². The van der Waals surface area contributed by atoms with E-state index in [9.17, 15) is 0 Å². The van der Waals surface area contributed by atoms with E-state index in [-0.39, 0.29) is 0 Å². The minimum atomic E-state index is 0.553. The summed E-state index contributed by atoms with van der Waals surface area (Å²) in [5.74, 6) is 1.96. The maximum absolute atomic E-state index is 5.87. The quantitative estimate of drug-likeness (QED) is 0.869. The van der Waals surface area contributed by atoms with Gasteiger partial charge >= 0.3 is 0 Å². The van der Waals surface area contributed by atoms with E-state index in [1.807, 2.05) is 12.1 Å². The van der Waals surface area contributed by atoms with Crippen LogP contribution in [0.15, 0.2) is 18.3 Å². The molecule has 0 saturated heterocycles. The molecule has 1 aromatic carbocycles. The molecule has 0 aliphatic carbocycles. The first-order chi connectivity index (χ1) is 8.71. The number of aryl methyl sites for hydroxylation is 1. The first kappa shape index (κ1) is 12.3. The van der Waals surface area contributed by atoms with Gasteiger partial charge in [0.05, 0.1) is 20.4 Å². The number of nitrogen functional groups attached to an aromatic ring is 1. The molecule has 0 bridgehead atoms. The normalized spacial score (nSPS) is 10.4. The van der Waals surface area contributed by atoms with Gasteiger partial charge < -0.3 is 15.2 Å². The van der Waals surface area contributed by atoms with Gasteiger partial charge in [-0.2, -0.15) is 5.10 Å². The summed E-state index contributed by atoms with van der Waals surface area (Å²) in [5.41, 5.74) is 8.91. The van der Waals surface area contributed by atoms with Gasteiger partial charge in [0.1, 0.15) is 5.82 Å². The smallest absolute Gasteiger partial charge is 0.161 e. The average molecular weight is 247 g/mol. The number of anilines is 1. The highest BCUT2D eigenvalue weighted by molar-refractivity contribution is 5.78. The van der Waals surface area contributed by atoms with Crippen LogP contribution in [0.1, 0.15) is 12.5 Å². The van der Waals surface area contributed by atoms with Crippen molar-refractivity contribution in [3.63, 3.8) is 0 Å². The fraction of sp³-hybridized carbons (Fsp3) is 0.308. The van der Waals surface area contributed by atoms with Gasteiger partial charge in [0.25, 0.3) is 0 Å². The van der Waals surface area contributed by atoms with E-state index in [2.05, 4.69) is 17.1 Å². The molecule has 0 fully saturated rings. The fourth-order valence-corrected chi connectivity index (χ4v) is 1.98. The molecule has 5 heteroatoms. The molecule has 0 spiro atoms. The maximum Gasteiger partial charge on any atom is 0.161 e. The molecule has 1 heterocycles. The van der Waals surface area contributed by atoms with E-state index in [4.69, 9.17) is 15.2 Å². The molecule has 0 unspecified atom stereocenters. The number of benzene rings is 1. The number of nitrogens with zero attached hydrogens (tertiary/aromatic N) is 1. The number of aromatic nitrogens is 2. The minimum absolute atomic E-state index is 0.553. The Morgan fingerprint density at radius 1 is 1.17 bits per heavy atom. The topological polar surface area (TPSA) is 73.2 Å². The summed E-state index contributed by atoms with van der Waals surface area (Å²) in [4.78, 5) is 0. The molecule has 0 saturated carbocycles. The molecule has 96 valence electrons. The molecule has 18 heavy (non-hydrogen) atoms. The molecule has 2 aromatic rings. The van der Waals surface area contributed by atoms with E-state index in [1.54, 1.807) is 20.4 Å². The molecule has 0 aliphatic heterocycles. The number of nitrogens with one attached hydrogen (secondary N) is 1. The summed E-state index contributed by atoms with van der Waals surface area (Å²) in [7, 11) is 3.25. The second kappa shape index (κ2) is 5.00. The number of ether oxygens (including phenoxy) is 2. The second-order valence-electron chi connectivity index (χ2n) is 3.92. The van der Waals surface area contributed by atoms with Gasteiger partial charge in [0.15, 0.2) is 11.5 Å². The SMILES string of the molecule is CCc1cc(OC)c(OC)cc1-c1cn[nH]c1N. The van der Waals surface area contributed by atoms with Gasteiger partial charge in [-0.3, -0.25) is 5.10 Å². The van der Waals surface area contributed by atoms with Gasteiger partial charge in [-0.1, -0.05) is 6.92 Å². The highest BCUT2D eigenvalue weighted by atomic mass is 16.5. The summed E-state index contributed by atoms with van der Waals surface area (Å²) in [6.45, 7) is 2.08.